The zero-order valence-electron chi connectivity index (χ0n) is 17.1. The summed E-state index contributed by atoms with van der Waals surface area (Å²) in [7, 11) is 1.38. The molecular weight excluding hydrogens is 366 g/mol. The lowest BCUT2D eigenvalue weighted by Crippen LogP contribution is -2.32. The van der Waals surface area contributed by atoms with Crippen LogP contribution in [0.4, 0.5) is 4.79 Å². The molecule has 0 aromatic heterocycles. The fourth-order valence-corrected chi connectivity index (χ4v) is 3.12. The first-order chi connectivity index (χ1) is 13.8. The van der Waals surface area contributed by atoms with Crippen molar-refractivity contribution in [1.82, 2.24) is 5.32 Å². The van der Waals surface area contributed by atoms with Gasteiger partial charge in [0.15, 0.2) is 0 Å². The van der Waals surface area contributed by atoms with Gasteiger partial charge in [0.05, 0.1) is 12.7 Å². The van der Waals surface area contributed by atoms with Crippen molar-refractivity contribution in [3.8, 4) is 11.1 Å². The van der Waals surface area contributed by atoms with Crippen molar-refractivity contribution < 1.29 is 19.1 Å². The van der Waals surface area contributed by atoms with Crippen molar-refractivity contribution in [2.75, 3.05) is 7.11 Å². The Hall–Kier alpha value is -3.34. The molecule has 1 amide bonds. The van der Waals surface area contributed by atoms with Crippen molar-refractivity contribution in [3.05, 3.63) is 71.8 Å². The fourth-order valence-electron chi connectivity index (χ4n) is 3.12. The average molecular weight is 391 g/mol. The predicted molar refractivity (Wildman–Crippen MR) is 114 cm³/mol. The van der Waals surface area contributed by atoms with Gasteiger partial charge < -0.3 is 14.8 Å². The monoisotopic (exact) mass is 391 g/mol. The quantitative estimate of drug-likeness (QED) is 0.612. The van der Waals surface area contributed by atoms with E-state index in [1.54, 1.807) is 0 Å². The summed E-state index contributed by atoms with van der Waals surface area (Å²) in [5.74, 6) is -0.375. The molecule has 0 aliphatic carbocycles. The summed E-state index contributed by atoms with van der Waals surface area (Å²) in [5, 5.41) is 4.77. The smallest absolute Gasteiger partial charge is 0.407 e. The molecule has 0 aliphatic rings. The molecule has 0 aliphatic heterocycles. The van der Waals surface area contributed by atoms with Gasteiger partial charge in [0.2, 0.25) is 0 Å². The van der Waals surface area contributed by atoms with E-state index in [-0.39, 0.29) is 5.97 Å². The minimum atomic E-state index is -0.542. The molecule has 3 aromatic carbocycles. The van der Waals surface area contributed by atoms with Crippen LogP contribution in [0.15, 0.2) is 60.7 Å². The van der Waals surface area contributed by atoms with Crippen LogP contribution in [0.25, 0.3) is 21.9 Å². The molecule has 0 bridgehead atoms. The lowest BCUT2D eigenvalue weighted by molar-refractivity contribution is 0.0522. The van der Waals surface area contributed by atoms with Gasteiger partial charge in [-0.25, -0.2) is 9.59 Å². The maximum Gasteiger partial charge on any atom is 0.407 e. The van der Waals surface area contributed by atoms with Gasteiger partial charge in [0.25, 0.3) is 0 Å². The Kier molecular flexibility index (Phi) is 5.87. The summed E-state index contributed by atoms with van der Waals surface area (Å²) in [5.41, 5.74) is 2.77. The molecule has 1 N–H and O–H groups in total. The topological polar surface area (TPSA) is 64.6 Å². The van der Waals surface area contributed by atoms with Gasteiger partial charge in [-0.05, 0) is 66.4 Å². The van der Waals surface area contributed by atoms with Gasteiger partial charge in [-0.1, -0.05) is 42.5 Å². The van der Waals surface area contributed by atoms with Crippen LogP contribution < -0.4 is 5.32 Å². The highest BCUT2D eigenvalue weighted by molar-refractivity contribution is 6.03. The Labute approximate surface area is 170 Å². The first kappa shape index (κ1) is 20.4. The van der Waals surface area contributed by atoms with E-state index < -0.39 is 11.7 Å². The van der Waals surface area contributed by atoms with Crippen molar-refractivity contribution >= 4 is 22.8 Å². The van der Waals surface area contributed by atoms with Crippen molar-refractivity contribution in [2.24, 2.45) is 0 Å². The number of ether oxygens (including phenoxy) is 2. The Bertz CT molecular complexity index is 1050. The highest BCUT2D eigenvalue weighted by atomic mass is 16.6. The van der Waals surface area contributed by atoms with Crippen LogP contribution in [0.1, 0.15) is 36.7 Å². The maximum atomic E-state index is 12.1. The van der Waals surface area contributed by atoms with Gasteiger partial charge >= 0.3 is 12.1 Å². The standard InChI is InChI=1S/C24H25NO4/c1-24(2,3)29-23(27)25-15-16-8-7-10-17(12-16)21-14-19(22(26)28-4)13-18-9-5-6-11-20(18)21/h5-14H,15H2,1-4H3,(H,25,27). The Balaban J connectivity index is 1.93. The number of alkyl carbamates (subject to hydrolysis) is 1. The minimum Gasteiger partial charge on any atom is -0.465 e. The summed E-state index contributed by atoms with van der Waals surface area (Å²) in [6.07, 6.45) is -0.457. The second kappa shape index (κ2) is 8.35. The van der Waals surface area contributed by atoms with Gasteiger partial charge in [-0.2, -0.15) is 0 Å². The molecule has 0 unspecified atom stereocenters. The van der Waals surface area contributed by atoms with Crippen LogP contribution in [-0.4, -0.2) is 24.8 Å². The number of hydrogen-bond acceptors (Lipinski definition) is 4. The molecule has 0 radical (unpaired) electrons. The average Bonchev–Trinajstić information content (AvgIpc) is 2.69. The van der Waals surface area contributed by atoms with Crippen LogP contribution >= 0.6 is 0 Å². The summed E-state index contributed by atoms with van der Waals surface area (Å²) in [4.78, 5) is 24.0. The number of benzene rings is 3. The largest absolute Gasteiger partial charge is 0.465 e. The minimum absolute atomic E-state index is 0.345. The number of methoxy groups -OCH3 is 1. The van der Waals surface area contributed by atoms with Gasteiger partial charge in [0.1, 0.15) is 5.60 Å². The summed E-state index contributed by atoms with van der Waals surface area (Å²) in [6, 6.07) is 19.4. The molecule has 0 heterocycles. The summed E-state index contributed by atoms with van der Waals surface area (Å²) < 4.78 is 10.2. The zero-order chi connectivity index (χ0) is 21.0. The number of nitrogens with one attached hydrogen (secondary N) is 1. The van der Waals surface area contributed by atoms with Crippen LogP contribution in [-0.2, 0) is 16.0 Å². The lowest BCUT2D eigenvalue weighted by atomic mass is 9.94. The third-order valence-electron chi connectivity index (χ3n) is 4.36. The highest BCUT2D eigenvalue weighted by Crippen LogP contribution is 2.31. The van der Waals surface area contributed by atoms with Crippen LogP contribution in [0.3, 0.4) is 0 Å². The van der Waals surface area contributed by atoms with E-state index in [1.807, 2.05) is 81.4 Å². The molecular formula is C24H25NO4. The third kappa shape index (κ3) is 5.13. The van der Waals surface area contributed by atoms with E-state index in [2.05, 4.69) is 5.32 Å². The van der Waals surface area contributed by atoms with Crippen LogP contribution in [0.5, 0.6) is 0 Å². The zero-order valence-corrected chi connectivity index (χ0v) is 17.1. The molecule has 0 saturated heterocycles. The number of rotatable bonds is 4. The van der Waals surface area contributed by atoms with Gasteiger partial charge in [0, 0.05) is 6.54 Å². The van der Waals surface area contributed by atoms with Crippen molar-refractivity contribution in [3.63, 3.8) is 0 Å². The van der Waals surface area contributed by atoms with Crippen LogP contribution in [0, 0.1) is 0 Å². The van der Waals surface area contributed by atoms with Crippen LogP contribution in [0.2, 0.25) is 0 Å². The SMILES string of the molecule is COC(=O)c1cc(-c2cccc(CNC(=O)OC(C)(C)C)c2)c2ccccc2c1. The van der Waals surface area contributed by atoms with Gasteiger partial charge in [-0.15, -0.1) is 0 Å². The second-order valence-electron chi connectivity index (χ2n) is 7.79. The summed E-state index contributed by atoms with van der Waals surface area (Å²) >= 11 is 0. The highest BCUT2D eigenvalue weighted by Gasteiger charge is 2.16. The van der Waals surface area contributed by atoms with E-state index in [0.29, 0.717) is 12.1 Å². The number of amides is 1. The maximum absolute atomic E-state index is 12.1. The molecule has 150 valence electrons. The fraction of sp³-hybridized carbons (Fsp3) is 0.250. The molecule has 5 nitrogen and oxygen atoms in total. The normalized spacial score (nSPS) is 11.2. The lowest BCUT2D eigenvalue weighted by Gasteiger charge is -2.19. The second-order valence-corrected chi connectivity index (χ2v) is 7.79. The molecule has 3 rings (SSSR count). The Morgan fingerprint density at radius 3 is 2.45 bits per heavy atom. The number of carbonyl (C=O) groups excluding carboxylic acids is 2. The molecule has 29 heavy (non-hydrogen) atoms. The molecule has 0 spiro atoms. The van der Waals surface area contributed by atoms with E-state index >= 15 is 0 Å². The van der Waals surface area contributed by atoms with Crippen molar-refractivity contribution in [2.45, 2.75) is 32.9 Å². The number of carbonyl (C=O) groups is 2. The number of hydrogen-bond donors (Lipinski definition) is 1. The predicted octanol–water partition coefficient (Wildman–Crippen LogP) is 5.32. The molecule has 0 atom stereocenters. The number of esters is 1. The first-order valence-corrected chi connectivity index (χ1v) is 9.44. The van der Waals surface area contributed by atoms with E-state index in [1.165, 1.54) is 7.11 Å². The van der Waals surface area contributed by atoms with E-state index in [4.69, 9.17) is 9.47 Å². The Morgan fingerprint density at radius 1 is 0.966 bits per heavy atom. The molecule has 0 fully saturated rings. The first-order valence-electron chi connectivity index (χ1n) is 9.44. The molecule has 3 aromatic rings. The number of fused-ring (bicyclic) bond motifs is 1. The third-order valence-corrected chi connectivity index (χ3v) is 4.36. The van der Waals surface area contributed by atoms with Gasteiger partial charge in [-0.3, -0.25) is 0 Å². The Morgan fingerprint density at radius 2 is 1.72 bits per heavy atom. The molecule has 5 heteroatoms. The summed E-state index contributed by atoms with van der Waals surface area (Å²) in [6.45, 7) is 5.82. The van der Waals surface area contributed by atoms with E-state index in [0.717, 1.165) is 27.5 Å². The molecule has 0 saturated carbocycles. The van der Waals surface area contributed by atoms with Crippen molar-refractivity contribution in [1.29, 1.82) is 0 Å². The van der Waals surface area contributed by atoms with E-state index in [9.17, 15) is 9.59 Å².